The van der Waals surface area contributed by atoms with Crippen molar-refractivity contribution in [2.75, 3.05) is 85.3 Å². The van der Waals surface area contributed by atoms with Crippen LogP contribution in [-0.4, -0.2) is 124 Å². The van der Waals surface area contributed by atoms with Crippen molar-refractivity contribution in [3.05, 3.63) is 107 Å². The van der Waals surface area contributed by atoms with Gasteiger partial charge in [0.2, 0.25) is 0 Å². The summed E-state index contributed by atoms with van der Waals surface area (Å²) in [5.74, 6) is 0. The zero-order valence-corrected chi connectivity index (χ0v) is 48.7. The molecular formula is C49H68HfO12Si4. The molecule has 12 nitrogen and oxygen atoms in total. The Morgan fingerprint density at radius 2 is 0.697 bits per heavy atom. The fourth-order valence-electron chi connectivity index (χ4n) is 11.6. The fraction of sp³-hybridized carbons (Fsp3) is 0.408. The van der Waals surface area contributed by atoms with Crippen molar-refractivity contribution in [3.8, 4) is 22.3 Å². The maximum atomic E-state index is 6.04. The zero-order chi connectivity index (χ0) is 47.7. The van der Waals surface area contributed by atoms with E-state index in [1.165, 1.54) is 47.9 Å². The van der Waals surface area contributed by atoms with E-state index in [4.69, 9.17) is 53.1 Å². The Bertz CT molecular complexity index is 2280. The first-order valence-corrected chi connectivity index (χ1v) is 42.4. The van der Waals surface area contributed by atoms with Gasteiger partial charge in [-0.2, -0.15) is 0 Å². The first kappa shape index (κ1) is 51.3. The number of benzene rings is 4. The third-order valence-corrected chi connectivity index (χ3v) is 52.8. The van der Waals surface area contributed by atoms with Crippen LogP contribution in [0.2, 0.25) is 9.36 Å². The Hall–Kier alpha value is -2.51. The van der Waals surface area contributed by atoms with Gasteiger partial charge < -0.3 is 0 Å². The molecule has 0 aliphatic heterocycles. The molecular weight excluding hydrogens is 1070 g/mol. The molecule has 66 heavy (non-hydrogen) atoms. The molecule has 3 aliphatic carbocycles. The number of hydrogen-bond acceptors (Lipinski definition) is 12. The van der Waals surface area contributed by atoms with Crippen LogP contribution in [0.1, 0.15) is 55.3 Å². The monoisotopic (exact) mass is 1140 g/mol. The van der Waals surface area contributed by atoms with E-state index in [9.17, 15) is 0 Å². The molecule has 3 aliphatic rings. The van der Waals surface area contributed by atoms with E-state index in [0.29, 0.717) is 0 Å². The first-order chi connectivity index (χ1) is 31.7. The summed E-state index contributed by atoms with van der Waals surface area (Å²) in [6.07, 6.45) is 14.6. The number of allylic oxidation sites excluding steroid dienone is 2. The van der Waals surface area contributed by atoms with Crippen molar-refractivity contribution < 1.29 is 71.1 Å². The zero-order valence-electron chi connectivity index (χ0n) is 41.1. The maximum absolute atomic E-state index is 6.04. The van der Waals surface area contributed by atoms with Crippen LogP contribution in [0.25, 0.3) is 34.4 Å². The Kier molecular flexibility index (Phi) is 15.6. The Morgan fingerprint density at radius 1 is 0.409 bits per heavy atom. The normalized spacial score (nSPS) is 17.8. The summed E-state index contributed by atoms with van der Waals surface area (Å²) in [6, 6.07) is 26.1. The third-order valence-electron chi connectivity index (χ3n) is 15.2. The molecule has 2 atom stereocenters. The summed E-state index contributed by atoms with van der Waals surface area (Å²) >= 11 is -4.40. The molecule has 0 amide bonds. The summed E-state index contributed by atoms with van der Waals surface area (Å²) in [7, 11) is 6.24. The van der Waals surface area contributed by atoms with Gasteiger partial charge in [-0.1, -0.05) is 0 Å². The molecule has 0 spiro atoms. The molecule has 17 heteroatoms. The average molecular weight is 1140 g/mol. The molecule has 0 heterocycles. The number of hydrogen-bond donors (Lipinski definition) is 0. The van der Waals surface area contributed by atoms with Gasteiger partial charge in [-0.25, -0.2) is 0 Å². The molecule has 7 rings (SSSR count). The Balaban J connectivity index is 1.42. The third kappa shape index (κ3) is 8.12. The standard InChI is InChI=1S/2C21H27O6Si2.C5H8.2CH3.Hf/c2*1-22-28(23-2,24-3)18-13-17(14-19(15-18)29(25-4,26-5)27-6)21-12-8-10-16-9-7-11-20(16)21;1-2-4-5-3-1;;;/h2*7-15H,1-6H3;1-4H2;2*1H3;. The Labute approximate surface area is 397 Å². The van der Waals surface area contributed by atoms with E-state index >= 15 is 0 Å². The van der Waals surface area contributed by atoms with Gasteiger partial charge in [0.1, 0.15) is 0 Å². The van der Waals surface area contributed by atoms with E-state index in [1.54, 1.807) is 88.6 Å². The summed E-state index contributed by atoms with van der Waals surface area (Å²) in [5.41, 5.74) is 9.36. The summed E-state index contributed by atoms with van der Waals surface area (Å²) in [4.78, 5) is 0. The molecule has 4 aromatic carbocycles. The van der Waals surface area contributed by atoms with Gasteiger partial charge in [-0.05, 0) is 0 Å². The van der Waals surface area contributed by atoms with Crippen molar-refractivity contribution in [2.24, 2.45) is 0 Å². The summed E-state index contributed by atoms with van der Waals surface area (Å²) in [5, 5.41) is 3.17. The predicted molar refractivity (Wildman–Crippen MR) is 268 cm³/mol. The van der Waals surface area contributed by atoms with E-state index in [2.05, 4.69) is 94.3 Å². The van der Waals surface area contributed by atoms with Crippen LogP contribution in [0.5, 0.6) is 0 Å². The van der Waals surface area contributed by atoms with Crippen LogP contribution in [0, 0.1) is 0 Å². The van der Waals surface area contributed by atoms with Crippen LogP contribution < -0.4 is 20.7 Å². The van der Waals surface area contributed by atoms with Crippen molar-refractivity contribution in [1.82, 2.24) is 0 Å². The Morgan fingerprint density at radius 3 is 0.970 bits per heavy atom. The molecule has 1 saturated carbocycles. The molecule has 0 N–H and O–H groups in total. The van der Waals surface area contributed by atoms with Crippen LogP contribution in [-0.2, 0) is 71.1 Å². The van der Waals surface area contributed by atoms with Crippen molar-refractivity contribution in [1.29, 1.82) is 0 Å². The second kappa shape index (κ2) is 20.1. The van der Waals surface area contributed by atoms with E-state index < -0.39 is 53.2 Å². The second-order valence-electron chi connectivity index (χ2n) is 18.0. The van der Waals surface area contributed by atoms with Gasteiger partial charge in [0, 0.05) is 0 Å². The summed E-state index contributed by atoms with van der Waals surface area (Å²) in [6.45, 7) is 0. The van der Waals surface area contributed by atoms with Crippen LogP contribution in [0.4, 0.5) is 0 Å². The molecule has 4 aromatic rings. The van der Waals surface area contributed by atoms with Crippen molar-refractivity contribution >= 4 is 71.4 Å². The minimum atomic E-state index is -4.40. The average Bonchev–Trinajstić information content (AvgIpc) is 4.17. The van der Waals surface area contributed by atoms with Crippen LogP contribution >= 0.6 is 0 Å². The molecule has 356 valence electrons. The number of fused-ring (bicyclic) bond motifs is 2. The topological polar surface area (TPSA) is 111 Å². The van der Waals surface area contributed by atoms with Gasteiger partial charge in [0.05, 0.1) is 0 Å². The van der Waals surface area contributed by atoms with E-state index in [1.807, 2.05) is 12.1 Å². The van der Waals surface area contributed by atoms with Gasteiger partial charge >= 0.3 is 400 Å². The van der Waals surface area contributed by atoms with Crippen LogP contribution in [0.3, 0.4) is 0 Å². The summed E-state index contributed by atoms with van der Waals surface area (Å²) < 4.78 is 80.3. The molecule has 0 radical (unpaired) electrons. The quantitative estimate of drug-likeness (QED) is 0.0877. The first-order valence-electron chi connectivity index (χ1n) is 22.3. The molecule has 2 unspecified atom stereocenters. The van der Waals surface area contributed by atoms with E-state index in [-0.39, 0.29) is 7.35 Å². The molecule has 0 bridgehead atoms. The SMILES string of the molecule is CO[Si](OC)(OC)c1cc(-c2cccc3c2C=C[CH]3[Hf]([CH3])([CH3])(=[C]2CCCC2)[CH]2C=Cc3c(-c4cc([Si](OC)(OC)OC)cc([Si](OC)(OC)OC)c4)cccc32)cc([Si](OC)(OC)OC)c1. The van der Waals surface area contributed by atoms with E-state index in [0.717, 1.165) is 43.0 Å². The minimum absolute atomic E-state index is 0.260. The molecule has 0 saturated heterocycles. The second-order valence-corrected chi connectivity index (χ2v) is 55.4. The van der Waals surface area contributed by atoms with Crippen LogP contribution in [0.15, 0.2) is 84.9 Å². The van der Waals surface area contributed by atoms with Gasteiger partial charge in [-0.15, -0.1) is 0 Å². The van der Waals surface area contributed by atoms with Crippen molar-refractivity contribution in [2.45, 2.75) is 42.4 Å². The molecule has 1 fully saturated rings. The van der Waals surface area contributed by atoms with Crippen molar-refractivity contribution in [3.63, 3.8) is 0 Å². The molecule has 0 aromatic heterocycles. The number of rotatable bonds is 20. The van der Waals surface area contributed by atoms with Gasteiger partial charge in [0.25, 0.3) is 0 Å². The predicted octanol–water partition coefficient (Wildman–Crippen LogP) is 6.73. The van der Waals surface area contributed by atoms with Gasteiger partial charge in [0.15, 0.2) is 0 Å². The fourth-order valence-corrected chi connectivity index (χ4v) is 44.5. The van der Waals surface area contributed by atoms with Gasteiger partial charge in [-0.3, -0.25) is 0 Å².